The summed E-state index contributed by atoms with van der Waals surface area (Å²) >= 11 is 8.44. The van der Waals surface area contributed by atoms with E-state index < -0.39 is 0 Å². The van der Waals surface area contributed by atoms with Crippen LogP contribution in [0.15, 0.2) is 33.0 Å². The smallest absolute Gasteiger partial charge is 0.268 e. The van der Waals surface area contributed by atoms with E-state index in [2.05, 4.69) is 17.0 Å². The second kappa shape index (κ2) is 6.85. The van der Waals surface area contributed by atoms with Crippen molar-refractivity contribution in [2.45, 2.75) is 43.0 Å². The number of benzene rings is 1. The van der Waals surface area contributed by atoms with Crippen LogP contribution in [0.3, 0.4) is 0 Å². The molecular weight excluding hydrogens is 372 g/mol. The van der Waals surface area contributed by atoms with Gasteiger partial charge in [-0.2, -0.15) is 0 Å². The number of methoxy groups -OCH3 is 1. The Morgan fingerprint density at radius 2 is 1.96 bits per heavy atom. The van der Waals surface area contributed by atoms with Crippen molar-refractivity contribution in [2.24, 2.45) is 0 Å². The molecule has 2 heterocycles. The van der Waals surface area contributed by atoms with E-state index in [1.54, 1.807) is 30.8 Å². The molecule has 3 aliphatic rings. The Bertz CT molecular complexity index is 772. The molecule has 1 saturated heterocycles. The summed E-state index contributed by atoms with van der Waals surface area (Å²) in [6.07, 6.45) is 6.11. The zero-order valence-corrected chi connectivity index (χ0v) is 16.7. The monoisotopic (exact) mass is 392 g/mol. The van der Waals surface area contributed by atoms with E-state index in [1.807, 2.05) is 6.07 Å². The molecule has 0 radical (unpaired) electrons. The van der Waals surface area contributed by atoms with Gasteiger partial charge in [-0.1, -0.05) is 55.0 Å². The number of likely N-dealkylation sites (N-methyl/N-ethyl adjacent to an activating group) is 1. The standard InChI is InChI=1S/C18H20N2O2S3/c1-19-16(21)15(25-18(19)23)17-20(11-6-4-3-5-7-11)13-10-12(22-2)8-9-14(13)24-17/h8-11H,3-7H2,1-2H3. The Balaban J connectivity index is 1.81. The molecule has 0 spiro atoms. The predicted octanol–water partition coefficient (Wildman–Crippen LogP) is 4.60. The molecule has 2 aliphatic heterocycles. The number of carbonyl (C=O) groups is 1. The molecule has 0 bridgehead atoms. The van der Waals surface area contributed by atoms with Crippen molar-refractivity contribution >= 4 is 51.7 Å². The van der Waals surface area contributed by atoms with Crippen molar-refractivity contribution in [3.8, 4) is 5.75 Å². The highest BCUT2D eigenvalue weighted by atomic mass is 32.2. The number of fused-ring (bicyclic) bond motifs is 1. The molecule has 0 atom stereocenters. The van der Waals surface area contributed by atoms with Gasteiger partial charge >= 0.3 is 0 Å². The van der Waals surface area contributed by atoms with Gasteiger partial charge in [0, 0.05) is 24.1 Å². The maximum atomic E-state index is 12.7. The summed E-state index contributed by atoms with van der Waals surface area (Å²) in [6, 6.07) is 6.61. The molecule has 132 valence electrons. The first kappa shape index (κ1) is 17.2. The topological polar surface area (TPSA) is 32.8 Å². The van der Waals surface area contributed by atoms with Gasteiger partial charge in [-0.25, -0.2) is 0 Å². The number of hydrogen-bond acceptors (Lipinski definition) is 6. The fourth-order valence-electron chi connectivity index (χ4n) is 3.59. The number of amides is 1. The van der Waals surface area contributed by atoms with Gasteiger partial charge in [0.2, 0.25) is 0 Å². The van der Waals surface area contributed by atoms with Crippen molar-refractivity contribution in [2.75, 3.05) is 19.1 Å². The summed E-state index contributed by atoms with van der Waals surface area (Å²) in [6.45, 7) is 0. The average molecular weight is 393 g/mol. The zero-order valence-electron chi connectivity index (χ0n) is 14.3. The highest BCUT2D eigenvalue weighted by Gasteiger charge is 2.40. The zero-order chi connectivity index (χ0) is 17.6. The average Bonchev–Trinajstić information content (AvgIpc) is 3.14. The number of nitrogens with zero attached hydrogens (tertiary/aromatic N) is 2. The van der Waals surface area contributed by atoms with Gasteiger partial charge in [-0.15, -0.1) is 0 Å². The summed E-state index contributed by atoms with van der Waals surface area (Å²) in [5.74, 6) is 0.863. The number of hydrogen-bond donors (Lipinski definition) is 0. The molecular formula is C18H20N2O2S3. The molecule has 0 unspecified atom stereocenters. The van der Waals surface area contributed by atoms with Crippen LogP contribution < -0.4 is 9.64 Å². The molecule has 4 nitrogen and oxygen atoms in total. The van der Waals surface area contributed by atoms with Gasteiger partial charge < -0.3 is 9.64 Å². The SMILES string of the molecule is COc1ccc2c(c1)N(C1CCCCC1)C(=C1SC(=S)N(C)C1=O)S2. The number of thiocarbonyl (C=S) groups is 1. The van der Waals surface area contributed by atoms with E-state index in [0.717, 1.165) is 34.2 Å². The van der Waals surface area contributed by atoms with Crippen LogP contribution in [-0.2, 0) is 4.79 Å². The Morgan fingerprint density at radius 1 is 1.20 bits per heavy atom. The quantitative estimate of drug-likeness (QED) is 0.540. The second-order valence-electron chi connectivity index (χ2n) is 6.46. The van der Waals surface area contributed by atoms with Crippen molar-refractivity contribution < 1.29 is 9.53 Å². The molecule has 1 aromatic rings. The maximum absolute atomic E-state index is 12.7. The Morgan fingerprint density at radius 3 is 2.60 bits per heavy atom. The minimum absolute atomic E-state index is 0.0121. The van der Waals surface area contributed by atoms with Crippen LogP contribution in [0.1, 0.15) is 32.1 Å². The molecule has 0 aromatic heterocycles. The summed E-state index contributed by atoms with van der Waals surface area (Å²) in [5, 5.41) is 1.04. The Kier molecular flexibility index (Phi) is 4.73. The first-order chi connectivity index (χ1) is 12.1. The first-order valence-corrected chi connectivity index (χ1v) is 10.5. The van der Waals surface area contributed by atoms with Crippen LogP contribution in [0.4, 0.5) is 5.69 Å². The first-order valence-electron chi connectivity index (χ1n) is 8.49. The number of anilines is 1. The summed E-state index contributed by atoms with van der Waals surface area (Å²) in [4.78, 5) is 18.6. The van der Waals surface area contributed by atoms with Gasteiger partial charge in [0.15, 0.2) is 0 Å². The molecule has 1 aliphatic carbocycles. The van der Waals surface area contributed by atoms with Gasteiger partial charge in [0.25, 0.3) is 5.91 Å². The van der Waals surface area contributed by atoms with Crippen molar-refractivity contribution in [1.29, 1.82) is 0 Å². The normalized spacial score (nSPS) is 24.2. The molecule has 7 heteroatoms. The molecule has 0 N–H and O–H groups in total. The molecule has 1 aromatic carbocycles. The molecule has 1 amide bonds. The van der Waals surface area contributed by atoms with Gasteiger partial charge in [0.1, 0.15) is 20.0 Å². The van der Waals surface area contributed by atoms with E-state index in [0.29, 0.717) is 10.4 Å². The number of ether oxygens (including phenoxy) is 1. The fraction of sp³-hybridized carbons (Fsp3) is 0.444. The van der Waals surface area contributed by atoms with Crippen LogP contribution in [0, 0.1) is 0 Å². The van der Waals surface area contributed by atoms with Gasteiger partial charge in [-0.3, -0.25) is 9.69 Å². The third kappa shape index (κ3) is 2.96. The van der Waals surface area contributed by atoms with Crippen LogP contribution >= 0.6 is 35.7 Å². The third-order valence-corrected chi connectivity index (χ3v) is 7.78. The lowest BCUT2D eigenvalue weighted by atomic mass is 9.94. The Hall–Kier alpha value is -1.18. The van der Waals surface area contributed by atoms with E-state index in [9.17, 15) is 4.79 Å². The van der Waals surface area contributed by atoms with Crippen molar-refractivity contribution in [1.82, 2.24) is 4.90 Å². The van der Waals surface area contributed by atoms with Crippen molar-refractivity contribution in [3.05, 3.63) is 28.1 Å². The predicted molar refractivity (Wildman–Crippen MR) is 108 cm³/mol. The number of rotatable bonds is 2. The Labute approximate surface area is 162 Å². The molecule has 1 saturated carbocycles. The summed E-state index contributed by atoms with van der Waals surface area (Å²) in [7, 11) is 3.45. The fourth-order valence-corrected chi connectivity index (χ4v) is 6.11. The molecule has 25 heavy (non-hydrogen) atoms. The van der Waals surface area contributed by atoms with E-state index in [4.69, 9.17) is 17.0 Å². The summed E-state index contributed by atoms with van der Waals surface area (Å²) in [5.41, 5.74) is 1.16. The van der Waals surface area contributed by atoms with Crippen LogP contribution in [-0.4, -0.2) is 35.3 Å². The lowest BCUT2D eigenvalue weighted by Gasteiger charge is -2.34. The highest BCUT2D eigenvalue weighted by Crippen LogP contribution is 2.53. The van der Waals surface area contributed by atoms with Gasteiger partial charge in [-0.05, 0) is 25.0 Å². The van der Waals surface area contributed by atoms with Crippen LogP contribution in [0.25, 0.3) is 0 Å². The van der Waals surface area contributed by atoms with Crippen LogP contribution in [0.5, 0.6) is 5.75 Å². The lowest BCUT2D eigenvalue weighted by Crippen LogP contribution is -2.34. The molecule has 2 fully saturated rings. The highest BCUT2D eigenvalue weighted by molar-refractivity contribution is 8.27. The number of carbonyl (C=O) groups excluding carboxylic acids is 1. The van der Waals surface area contributed by atoms with Crippen molar-refractivity contribution in [3.63, 3.8) is 0 Å². The van der Waals surface area contributed by atoms with E-state index >= 15 is 0 Å². The molecule has 4 rings (SSSR count). The summed E-state index contributed by atoms with van der Waals surface area (Å²) < 4.78 is 6.07. The van der Waals surface area contributed by atoms with Crippen LogP contribution in [0.2, 0.25) is 0 Å². The minimum atomic E-state index is 0.0121. The van der Waals surface area contributed by atoms with Gasteiger partial charge in [0.05, 0.1) is 12.8 Å². The second-order valence-corrected chi connectivity index (χ2v) is 9.14. The largest absolute Gasteiger partial charge is 0.497 e. The lowest BCUT2D eigenvalue weighted by molar-refractivity contribution is -0.121. The maximum Gasteiger partial charge on any atom is 0.268 e. The van der Waals surface area contributed by atoms with E-state index in [1.165, 1.54) is 35.9 Å². The minimum Gasteiger partial charge on any atom is -0.497 e. The number of thioether (sulfide) groups is 2. The van der Waals surface area contributed by atoms with E-state index in [-0.39, 0.29) is 5.91 Å². The third-order valence-electron chi connectivity index (χ3n) is 4.95.